The van der Waals surface area contributed by atoms with Crippen LogP contribution in [0.15, 0.2) is 36.4 Å². The lowest BCUT2D eigenvalue weighted by atomic mass is 9.93. The normalized spacial score (nSPS) is 20.0. The Labute approximate surface area is 249 Å². The Morgan fingerprint density at radius 3 is 2.70 bits per heavy atom. The van der Waals surface area contributed by atoms with Gasteiger partial charge in [0, 0.05) is 59.5 Å². The first-order valence-corrected chi connectivity index (χ1v) is 15.1. The molecule has 3 aromatic carbocycles. The van der Waals surface area contributed by atoms with Crippen LogP contribution >= 0.6 is 0 Å². The van der Waals surface area contributed by atoms with Crippen molar-refractivity contribution in [1.29, 1.82) is 0 Å². The lowest BCUT2D eigenvalue weighted by Gasteiger charge is -2.33. The molecular weight excluding hydrogens is 548 g/mol. The monoisotopic (exact) mass is 583 g/mol. The van der Waals surface area contributed by atoms with Crippen molar-refractivity contribution in [3.8, 4) is 35.2 Å². The van der Waals surface area contributed by atoms with Crippen LogP contribution in [0, 0.1) is 29.4 Å². The molecule has 1 saturated carbocycles. The molecule has 43 heavy (non-hydrogen) atoms. The second-order valence-corrected chi connectivity index (χ2v) is 12.4. The van der Waals surface area contributed by atoms with Crippen molar-refractivity contribution >= 4 is 27.5 Å². The van der Waals surface area contributed by atoms with Crippen LogP contribution in [0.4, 0.5) is 14.6 Å². The maximum absolute atomic E-state index is 16.7. The maximum atomic E-state index is 16.7. The minimum absolute atomic E-state index is 0.0262. The number of hydrogen-bond donors (Lipinski definition) is 2. The van der Waals surface area contributed by atoms with Crippen LogP contribution in [0.2, 0.25) is 0 Å². The standard InChI is InChI=1S/C34H35F2N5O2/c1-3-22-7-6-8-23-15-24(42)16-25(28(22)23)29-27(35)17-26-31(30(29)36)38-33(39-32(26)41-14-11-37-21(2)18-41)43-20-34(9-10-34)19-40-12-4-5-13-40/h1,6-8,15-17,21,37,42H,4-5,9-14,18-20H2,2H3. The summed E-state index contributed by atoms with van der Waals surface area (Å²) in [5, 5.41) is 15.3. The molecule has 0 spiro atoms. The van der Waals surface area contributed by atoms with Crippen molar-refractivity contribution in [2.24, 2.45) is 5.41 Å². The fourth-order valence-electron chi connectivity index (χ4n) is 6.72. The fourth-order valence-corrected chi connectivity index (χ4v) is 6.72. The van der Waals surface area contributed by atoms with Crippen molar-refractivity contribution in [2.45, 2.75) is 38.6 Å². The highest BCUT2D eigenvalue weighted by Gasteiger charge is 2.45. The number of aromatic hydroxyl groups is 1. The van der Waals surface area contributed by atoms with Gasteiger partial charge in [0.25, 0.3) is 0 Å². The van der Waals surface area contributed by atoms with E-state index in [0.717, 1.165) is 39.0 Å². The molecule has 4 aromatic rings. The van der Waals surface area contributed by atoms with E-state index in [0.29, 0.717) is 41.9 Å². The summed E-state index contributed by atoms with van der Waals surface area (Å²) in [6, 6.07) is 9.66. The lowest BCUT2D eigenvalue weighted by Crippen LogP contribution is -2.49. The van der Waals surface area contributed by atoms with Crippen molar-refractivity contribution in [3.63, 3.8) is 0 Å². The number of fused-ring (bicyclic) bond motifs is 2. The molecule has 7 nitrogen and oxygen atoms in total. The van der Waals surface area contributed by atoms with Gasteiger partial charge in [-0.2, -0.15) is 9.97 Å². The van der Waals surface area contributed by atoms with E-state index < -0.39 is 11.6 Å². The summed E-state index contributed by atoms with van der Waals surface area (Å²) in [5.41, 5.74) is 0.378. The molecule has 2 aliphatic heterocycles. The third-order valence-corrected chi connectivity index (χ3v) is 9.12. The number of nitrogens with zero attached hydrogens (tertiary/aromatic N) is 4. The molecule has 7 rings (SSSR count). The van der Waals surface area contributed by atoms with E-state index in [2.05, 4.69) is 28.0 Å². The van der Waals surface area contributed by atoms with E-state index in [4.69, 9.17) is 16.1 Å². The summed E-state index contributed by atoms with van der Waals surface area (Å²) in [5.74, 6) is 1.32. The number of phenolic OH excluding ortho intramolecular Hbond substituents is 1. The van der Waals surface area contributed by atoms with Crippen LogP contribution in [0.25, 0.3) is 32.8 Å². The number of hydrogen-bond acceptors (Lipinski definition) is 7. The molecule has 3 heterocycles. The molecule has 2 N–H and O–H groups in total. The third-order valence-electron chi connectivity index (χ3n) is 9.12. The Balaban J connectivity index is 1.36. The van der Waals surface area contributed by atoms with Crippen LogP contribution in [-0.2, 0) is 0 Å². The third kappa shape index (κ3) is 5.23. The molecule has 1 aromatic heterocycles. The smallest absolute Gasteiger partial charge is 0.319 e. The van der Waals surface area contributed by atoms with Crippen molar-refractivity contribution < 1.29 is 18.6 Å². The quantitative estimate of drug-likeness (QED) is 0.280. The van der Waals surface area contributed by atoms with Crippen molar-refractivity contribution in [3.05, 3.63) is 53.6 Å². The topological polar surface area (TPSA) is 73.8 Å². The second kappa shape index (κ2) is 10.9. The van der Waals surface area contributed by atoms with E-state index in [9.17, 15) is 5.11 Å². The van der Waals surface area contributed by atoms with Gasteiger partial charge in [-0.3, -0.25) is 0 Å². The Bertz CT molecular complexity index is 1760. The SMILES string of the molecule is C#Cc1cccc2cc(O)cc(-c3c(F)cc4c(N5CCNC(C)C5)nc(OCC5(CN6CCCC6)CC5)nc4c3F)c12. The number of phenols is 1. The van der Waals surface area contributed by atoms with Crippen LogP contribution in [0.3, 0.4) is 0 Å². The summed E-state index contributed by atoms with van der Waals surface area (Å²) >= 11 is 0. The van der Waals surface area contributed by atoms with Gasteiger partial charge in [-0.1, -0.05) is 18.1 Å². The largest absolute Gasteiger partial charge is 0.508 e. The highest BCUT2D eigenvalue weighted by atomic mass is 19.1. The maximum Gasteiger partial charge on any atom is 0.319 e. The van der Waals surface area contributed by atoms with Crippen molar-refractivity contribution in [2.75, 3.05) is 50.8 Å². The Morgan fingerprint density at radius 1 is 1.14 bits per heavy atom. The number of terminal acetylenes is 1. The predicted molar refractivity (Wildman–Crippen MR) is 165 cm³/mol. The number of nitrogens with one attached hydrogen (secondary N) is 1. The molecule has 0 amide bonds. The molecule has 3 aliphatic rings. The average Bonchev–Trinajstić information content (AvgIpc) is 3.56. The Hall–Kier alpha value is -4.00. The molecule has 1 unspecified atom stereocenters. The molecule has 2 saturated heterocycles. The average molecular weight is 584 g/mol. The van der Waals surface area contributed by atoms with Gasteiger partial charge in [0.1, 0.15) is 22.9 Å². The predicted octanol–water partition coefficient (Wildman–Crippen LogP) is 5.47. The van der Waals surface area contributed by atoms with Gasteiger partial charge in [-0.15, -0.1) is 6.42 Å². The summed E-state index contributed by atoms with van der Waals surface area (Å²) in [4.78, 5) is 13.8. The van der Waals surface area contributed by atoms with Crippen LogP contribution in [0.5, 0.6) is 11.8 Å². The van der Waals surface area contributed by atoms with Gasteiger partial charge in [0.05, 0.1) is 12.2 Å². The first-order chi connectivity index (χ1) is 20.8. The minimum atomic E-state index is -0.844. The number of piperazine rings is 1. The summed E-state index contributed by atoms with van der Waals surface area (Å²) in [6.07, 6.45) is 10.4. The van der Waals surface area contributed by atoms with Gasteiger partial charge in [-0.25, -0.2) is 8.78 Å². The van der Waals surface area contributed by atoms with E-state index in [1.54, 1.807) is 18.2 Å². The van der Waals surface area contributed by atoms with E-state index in [1.807, 2.05) is 4.90 Å². The van der Waals surface area contributed by atoms with Crippen molar-refractivity contribution in [1.82, 2.24) is 20.2 Å². The zero-order valence-corrected chi connectivity index (χ0v) is 24.3. The van der Waals surface area contributed by atoms with Crippen LogP contribution in [-0.4, -0.2) is 71.9 Å². The van der Waals surface area contributed by atoms with Gasteiger partial charge in [0.2, 0.25) is 0 Å². The number of anilines is 1. The fraction of sp³-hybridized carbons (Fsp3) is 0.412. The Morgan fingerprint density at radius 2 is 1.95 bits per heavy atom. The van der Waals surface area contributed by atoms with Gasteiger partial charge in [0.15, 0.2) is 5.82 Å². The highest BCUT2D eigenvalue weighted by molar-refractivity contribution is 6.04. The molecule has 222 valence electrons. The molecular formula is C34H35F2N5O2. The molecule has 0 radical (unpaired) electrons. The van der Waals surface area contributed by atoms with E-state index >= 15 is 8.78 Å². The first kappa shape index (κ1) is 27.8. The number of benzene rings is 3. The molecule has 0 bridgehead atoms. The number of halogens is 2. The number of ether oxygens (including phenoxy) is 1. The van der Waals surface area contributed by atoms with Gasteiger partial charge in [-0.05, 0) is 75.3 Å². The number of likely N-dealkylation sites (tertiary alicyclic amines) is 1. The Kier molecular flexibility index (Phi) is 7.07. The van der Waals surface area contributed by atoms with E-state index in [-0.39, 0.29) is 45.2 Å². The zero-order valence-electron chi connectivity index (χ0n) is 24.3. The summed E-state index contributed by atoms with van der Waals surface area (Å²) in [6.45, 7) is 7.70. The highest BCUT2D eigenvalue weighted by Crippen LogP contribution is 2.47. The summed E-state index contributed by atoms with van der Waals surface area (Å²) < 4.78 is 39.1. The summed E-state index contributed by atoms with van der Waals surface area (Å²) in [7, 11) is 0. The molecule has 1 aliphatic carbocycles. The van der Waals surface area contributed by atoms with Crippen LogP contribution in [0.1, 0.15) is 38.2 Å². The zero-order chi connectivity index (χ0) is 29.7. The van der Waals surface area contributed by atoms with Gasteiger partial charge < -0.3 is 25.0 Å². The second-order valence-electron chi connectivity index (χ2n) is 12.4. The van der Waals surface area contributed by atoms with E-state index in [1.165, 1.54) is 31.0 Å². The van der Waals surface area contributed by atoms with Crippen LogP contribution < -0.4 is 15.0 Å². The minimum Gasteiger partial charge on any atom is -0.508 e. The first-order valence-electron chi connectivity index (χ1n) is 15.1. The number of rotatable bonds is 7. The van der Waals surface area contributed by atoms with Gasteiger partial charge >= 0.3 is 6.01 Å². The molecule has 3 fully saturated rings. The molecule has 9 heteroatoms. The molecule has 1 atom stereocenters. The lowest BCUT2D eigenvalue weighted by molar-refractivity contribution is 0.170. The number of aromatic nitrogens is 2.